The summed E-state index contributed by atoms with van der Waals surface area (Å²) in [6.07, 6.45) is 1.74. The van der Waals surface area contributed by atoms with Crippen molar-refractivity contribution in [3.8, 4) is 0 Å². The topological polar surface area (TPSA) is 28.7 Å². The molecule has 0 spiro atoms. The molecule has 3 aromatic rings. The van der Waals surface area contributed by atoms with Gasteiger partial charge in [-0.15, -0.1) is 0 Å². The molecule has 0 aliphatic rings. The van der Waals surface area contributed by atoms with Crippen molar-refractivity contribution in [1.29, 1.82) is 0 Å². The predicted octanol–water partition coefficient (Wildman–Crippen LogP) is 1.22. The van der Waals surface area contributed by atoms with Crippen LogP contribution < -0.4 is 8.92 Å². The zero-order chi connectivity index (χ0) is 10.8. The van der Waals surface area contributed by atoms with Crippen LogP contribution in [0.25, 0.3) is 11.0 Å². The second-order valence-electron chi connectivity index (χ2n) is 3.50. The van der Waals surface area contributed by atoms with Gasteiger partial charge in [0.1, 0.15) is 0 Å². The summed E-state index contributed by atoms with van der Waals surface area (Å²) in [7, 11) is 0. The molecular weight excluding hydrogens is 263 g/mol. The third-order valence-corrected chi connectivity index (χ3v) is 4.46. The fourth-order valence-electron chi connectivity index (χ4n) is 1.60. The molecule has 0 amide bonds. The van der Waals surface area contributed by atoms with Crippen LogP contribution in [0.5, 0.6) is 0 Å². The molecule has 0 unspecified atom stereocenters. The van der Waals surface area contributed by atoms with E-state index in [-0.39, 0.29) is 0 Å². The van der Waals surface area contributed by atoms with Crippen LogP contribution in [0.15, 0.2) is 54.9 Å². The van der Waals surface area contributed by atoms with E-state index in [1.807, 2.05) is 0 Å². The Balaban J connectivity index is 1.94. The molecule has 16 heavy (non-hydrogen) atoms. The van der Waals surface area contributed by atoms with E-state index < -0.39 is 0 Å². The van der Waals surface area contributed by atoms with Gasteiger partial charge in [0.25, 0.3) is 0 Å². The van der Waals surface area contributed by atoms with Gasteiger partial charge >= 0.3 is 99.7 Å². The number of nitrogens with one attached hydrogen (secondary N) is 1. The van der Waals surface area contributed by atoms with E-state index in [9.17, 15) is 0 Å². The molecule has 78 valence electrons. The molecule has 1 aromatic heterocycles. The molecule has 0 aliphatic heterocycles. The zero-order valence-electron chi connectivity index (χ0n) is 8.55. The van der Waals surface area contributed by atoms with Gasteiger partial charge in [-0.25, -0.2) is 0 Å². The molecule has 0 saturated heterocycles. The third-order valence-electron chi connectivity index (χ3n) is 2.37. The maximum atomic E-state index is 4.28. The predicted molar refractivity (Wildman–Crippen MR) is 67.6 cm³/mol. The summed E-state index contributed by atoms with van der Waals surface area (Å²) in [5, 5.41) is 0. The van der Waals surface area contributed by atoms with Gasteiger partial charge in [-0.3, -0.25) is 0 Å². The number of hydrogen-bond acceptors (Lipinski definition) is 1. The molecule has 0 saturated carbocycles. The summed E-state index contributed by atoms with van der Waals surface area (Å²) in [6, 6.07) is 17.0. The summed E-state index contributed by atoms with van der Waals surface area (Å²) < 4.78 is 2.75. The molecule has 0 aliphatic carbocycles. The standard InChI is InChI=1S/C13H10N2Se/c1-2-4-10(5-3-1)16-11-6-7-12-13(8-11)15-9-14-12/h1-9H,(H,14,15). The average Bonchev–Trinajstić information content (AvgIpc) is 2.77. The number of rotatable bonds is 2. The number of nitrogens with zero attached hydrogens (tertiary/aromatic N) is 1. The zero-order valence-corrected chi connectivity index (χ0v) is 10.3. The fourth-order valence-corrected chi connectivity index (χ4v) is 3.43. The molecular formula is C13H10N2Se. The first-order chi connectivity index (χ1) is 7.92. The van der Waals surface area contributed by atoms with Crippen molar-refractivity contribution in [3.63, 3.8) is 0 Å². The quantitative estimate of drug-likeness (QED) is 0.699. The molecule has 0 fully saturated rings. The molecule has 0 bridgehead atoms. The monoisotopic (exact) mass is 274 g/mol. The van der Waals surface area contributed by atoms with Gasteiger partial charge < -0.3 is 0 Å². The summed E-state index contributed by atoms with van der Waals surface area (Å²) in [5.74, 6) is 0. The fraction of sp³-hybridized carbons (Fsp3) is 0. The van der Waals surface area contributed by atoms with Crippen molar-refractivity contribution in [1.82, 2.24) is 9.97 Å². The van der Waals surface area contributed by atoms with E-state index in [2.05, 4.69) is 58.5 Å². The van der Waals surface area contributed by atoms with Crippen LogP contribution in [0, 0.1) is 0 Å². The van der Waals surface area contributed by atoms with Gasteiger partial charge in [0.15, 0.2) is 0 Å². The molecule has 2 aromatic carbocycles. The summed E-state index contributed by atoms with van der Waals surface area (Å²) >= 11 is 0.369. The second kappa shape index (κ2) is 4.12. The average molecular weight is 273 g/mol. The Kier molecular flexibility index (Phi) is 2.49. The van der Waals surface area contributed by atoms with Crippen molar-refractivity contribution < 1.29 is 0 Å². The molecule has 3 heteroatoms. The van der Waals surface area contributed by atoms with Crippen LogP contribution >= 0.6 is 0 Å². The number of hydrogen-bond donors (Lipinski definition) is 1. The van der Waals surface area contributed by atoms with Gasteiger partial charge in [0.05, 0.1) is 0 Å². The van der Waals surface area contributed by atoms with Crippen LogP contribution in [-0.2, 0) is 0 Å². The van der Waals surface area contributed by atoms with Crippen molar-refractivity contribution >= 4 is 34.9 Å². The number of aromatic nitrogens is 2. The SMILES string of the molecule is c1ccc([Se]c2ccc3[nH]cnc3c2)cc1. The van der Waals surface area contributed by atoms with Gasteiger partial charge in [0.2, 0.25) is 0 Å². The van der Waals surface area contributed by atoms with E-state index in [1.165, 1.54) is 8.92 Å². The molecule has 2 nitrogen and oxygen atoms in total. The summed E-state index contributed by atoms with van der Waals surface area (Å²) in [5.41, 5.74) is 2.16. The number of H-pyrrole nitrogens is 1. The first-order valence-electron chi connectivity index (χ1n) is 5.08. The van der Waals surface area contributed by atoms with E-state index in [0.717, 1.165) is 11.0 Å². The van der Waals surface area contributed by atoms with Crippen molar-refractivity contribution in [2.45, 2.75) is 0 Å². The molecule has 0 atom stereocenters. The minimum absolute atomic E-state index is 0.369. The minimum atomic E-state index is 0.369. The van der Waals surface area contributed by atoms with Crippen LogP contribution in [-0.4, -0.2) is 24.9 Å². The Morgan fingerprint density at radius 2 is 1.81 bits per heavy atom. The second-order valence-corrected chi connectivity index (χ2v) is 5.90. The van der Waals surface area contributed by atoms with E-state index in [0.29, 0.717) is 15.0 Å². The van der Waals surface area contributed by atoms with Gasteiger partial charge in [-0.1, -0.05) is 0 Å². The first-order valence-corrected chi connectivity index (χ1v) is 6.79. The molecule has 0 radical (unpaired) electrons. The van der Waals surface area contributed by atoms with Crippen LogP contribution in [0.1, 0.15) is 0 Å². The number of imidazole rings is 1. The van der Waals surface area contributed by atoms with Gasteiger partial charge in [-0.05, 0) is 0 Å². The summed E-state index contributed by atoms with van der Waals surface area (Å²) in [4.78, 5) is 7.38. The molecule has 1 N–H and O–H groups in total. The van der Waals surface area contributed by atoms with Crippen LogP contribution in [0.3, 0.4) is 0 Å². The molecule has 1 heterocycles. The number of benzene rings is 2. The van der Waals surface area contributed by atoms with E-state index in [4.69, 9.17) is 0 Å². The van der Waals surface area contributed by atoms with Crippen LogP contribution in [0.4, 0.5) is 0 Å². The Labute approximate surface area is 99.9 Å². The Morgan fingerprint density at radius 3 is 2.69 bits per heavy atom. The Hall–Kier alpha value is -1.57. The number of fused-ring (bicyclic) bond motifs is 1. The van der Waals surface area contributed by atoms with Gasteiger partial charge in [-0.2, -0.15) is 0 Å². The molecule has 3 rings (SSSR count). The van der Waals surface area contributed by atoms with E-state index >= 15 is 0 Å². The van der Waals surface area contributed by atoms with E-state index in [1.54, 1.807) is 6.33 Å². The van der Waals surface area contributed by atoms with Crippen molar-refractivity contribution in [2.75, 3.05) is 0 Å². The number of aromatic amines is 1. The Morgan fingerprint density at radius 1 is 0.938 bits per heavy atom. The van der Waals surface area contributed by atoms with Crippen molar-refractivity contribution in [2.24, 2.45) is 0 Å². The summed E-state index contributed by atoms with van der Waals surface area (Å²) in [6.45, 7) is 0. The maximum absolute atomic E-state index is 4.28. The third kappa shape index (κ3) is 1.87. The van der Waals surface area contributed by atoms with Crippen LogP contribution in [0.2, 0.25) is 0 Å². The Bertz CT molecular complexity index is 601. The van der Waals surface area contributed by atoms with Crippen molar-refractivity contribution in [3.05, 3.63) is 54.9 Å². The van der Waals surface area contributed by atoms with Gasteiger partial charge in [0, 0.05) is 0 Å². The normalized spacial score (nSPS) is 10.8. The first kappa shape index (κ1) is 9.64.